The molecule has 0 aliphatic carbocycles. The van der Waals surface area contributed by atoms with Crippen LogP contribution in [0.15, 0.2) is 37.5 Å². The summed E-state index contributed by atoms with van der Waals surface area (Å²) in [4.78, 5) is 40.8. The van der Waals surface area contributed by atoms with Crippen LogP contribution in [-0.4, -0.2) is 52.3 Å². The highest BCUT2D eigenvalue weighted by atomic mass is 16.5. The van der Waals surface area contributed by atoms with Crippen LogP contribution >= 0.6 is 0 Å². The Hall–Kier alpha value is -2.90. The molecule has 0 aromatic heterocycles. The third-order valence-corrected chi connectivity index (χ3v) is 1.87. The highest BCUT2D eigenvalue weighted by molar-refractivity contribution is 5.83. The Kier molecular flexibility index (Phi) is 21.8. The summed E-state index contributed by atoms with van der Waals surface area (Å²) in [5, 5.41) is 0. The molecule has 8 heteroatoms. The topological polar surface area (TPSA) is 105 Å². The summed E-state index contributed by atoms with van der Waals surface area (Å²) >= 11 is 0. The SMILES string of the molecule is C=CC(=O)OC.C=CCC(=O)OC.COC(=O)C=CCC(=O)OC. The summed E-state index contributed by atoms with van der Waals surface area (Å²) in [7, 11) is 5.22. The maximum atomic E-state index is 10.5. The van der Waals surface area contributed by atoms with Crippen LogP contribution in [0.2, 0.25) is 0 Å². The van der Waals surface area contributed by atoms with Gasteiger partial charge in [0.05, 0.1) is 41.3 Å². The van der Waals surface area contributed by atoms with Crippen molar-refractivity contribution in [3.63, 3.8) is 0 Å². The predicted molar refractivity (Wildman–Crippen MR) is 86.8 cm³/mol. The van der Waals surface area contributed by atoms with Gasteiger partial charge in [0.25, 0.3) is 0 Å². The monoisotopic (exact) mass is 344 g/mol. The van der Waals surface area contributed by atoms with Gasteiger partial charge in [-0.2, -0.15) is 0 Å². The third kappa shape index (κ3) is 24.1. The van der Waals surface area contributed by atoms with E-state index in [4.69, 9.17) is 0 Å². The molecule has 0 aromatic carbocycles. The van der Waals surface area contributed by atoms with Crippen molar-refractivity contribution >= 4 is 23.9 Å². The van der Waals surface area contributed by atoms with Gasteiger partial charge in [0, 0.05) is 12.2 Å². The van der Waals surface area contributed by atoms with Crippen molar-refractivity contribution in [2.45, 2.75) is 12.8 Å². The first kappa shape index (κ1) is 26.0. The lowest BCUT2D eigenvalue weighted by Crippen LogP contribution is -1.98. The van der Waals surface area contributed by atoms with Crippen LogP contribution in [0.5, 0.6) is 0 Å². The van der Waals surface area contributed by atoms with Crippen LogP contribution in [0, 0.1) is 0 Å². The summed E-state index contributed by atoms with van der Waals surface area (Å²) in [6, 6.07) is 0. The number of carbonyl (C=O) groups excluding carboxylic acids is 4. The molecule has 0 amide bonds. The van der Waals surface area contributed by atoms with Gasteiger partial charge in [-0.3, -0.25) is 9.59 Å². The number of esters is 4. The first-order chi connectivity index (χ1) is 11.3. The molecule has 0 saturated heterocycles. The Morgan fingerprint density at radius 2 is 1.21 bits per heavy atom. The van der Waals surface area contributed by atoms with Gasteiger partial charge < -0.3 is 18.9 Å². The molecule has 0 aliphatic rings. The second-order valence-electron chi connectivity index (χ2n) is 3.50. The predicted octanol–water partition coefficient (Wildman–Crippen LogP) is 1.36. The number of ether oxygens (including phenoxy) is 4. The molecule has 136 valence electrons. The third-order valence-electron chi connectivity index (χ3n) is 1.87. The maximum absolute atomic E-state index is 10.5. The Labute approximate surface area is 141 Å². The van der Waals surface area contributed by atoms with Crippen molar-refractivity contribution in [1.82, 2.24) is 0 Å². The minimum Gasteiger partial charge on any atom is -0.469 e. The van der Waals surface area contributed by atoms with Gasteiger partial charge in [0.15, 0.2) is 0 Å². The minimum atomic E-state index is -0.478. The van der Waals surface area contributed by atoms with Crippen LogP contribution < -0.4 is 0 Å². The van der Waals surface area contributed by atoms with Crippen LogP contribution in [0.3, 0.4) is 0 Å². The molecule has 24 heavy (non-hydrogen) atoms. The van der Waals surface area contributed by atoms with Gasteiger partial charge in [0.1, 0.15) is 0 Å². The second-order valence-corrected chi connectivity index (χ2v) is 3.50. The number of hydrogen-bond donors (Lipinski definition) is 0. The fourth-order valence-electron chi connectivity index (χ4n) is 0.687. The minimum absolute atomic E-state index is 0.0889. The summed E-state index contributed by atoms with van der Waals surface area (Å²) < 4.78 is 17.0. The molecule has 0 spiro atoms. The van der Waals surface area contributed by atoms with E-state index < -0.39 is 11.9 Å². The van der Waals surface area contributed by atoms with E-state index in [0.717, 1.165) is 6.08 Å². The van der Waals surface area contributed by atoms with Crippen molar-refractivity contribution in [3.05, 3.63) is 37.5 Å². The van der Waals surface area contributed by atoms with Gasteiger partial charge in [0.2, 0.25) is 0 Å². The summed E-state index contributed by atoms with van der Waals surface area (Å²) in [6.07, 6.45) is 5.57. The largest absolute Gasteiger partial charge is 0.469 e. The van der Waals surface area contributed by atoms with Gasteiger partial charge in [-0.25, -0.2) is 9.59 Å². The second kappa shape index (κ2) is 20.1. The highest BCUT2D eigenvalue weighted by Gasteiger charge is 1.95. The standard InChI is InChI=1S/C7H10O4.C5H8O2.C4H6O2/c1-10-6(8)4-3-5-7(9)11-2;1-3-4-5(6)7-2;1-3-4(5)6-2/h3-4H,5H2,1-2H3;3H,1,4H2,2H3;3H,1H2,2H3. The average Bonchev–Trinajstić information content (AvgIpc) is 2.61. The van der Waals surface area contributed by atoms with E-state index in [1.165, 1.54) is 46.7 Å². The van der Waals surface area contributed by atoms with Crippen molar-refractivity contribution < 1.29 is 38.1 Å². The highest BCUT2D eigenvalue weighted by Crippen LogP contribution is 1.87. The van der Waals surface area contributed by atoms with Crippen molar-refractivity contribution in [2.24, 2.45) is 0 Å². The average molecular weight is 344 g/mol. The van der Waals surface area contributed by atoms with E-state index in [9.17, 15) is 19.2 Å². The Morgan fingerprint density at radius 1 is 0.750 bits per heavy atom. The first-order valence-electron chi connectivity index (χ1n) is 6.52. The van der Waals surface area contributed by atoms with Crippen molar-refractivity contribution in [2.75, 3.05) is 28.4 Å². The van der Waals surface area contributed by atoms with Gasteiger partial charge in [-0.15, -0.1) is 6.58 Å². The summed E-state index contributed by atoms with van der Waals surface area (Å²) in [5.74, 6) is -1.50. The zero-order chi connectivity index (χ0) is 19.4. The maximum Gasteiger partial charge on any atom is 0.330 e. The van der Waals surface area contributed by atoms with E-state index in [0.29, 0.717) is 6.42 Å². The normalized spacial score (nSPS) is 8.33. The molecule has 0 radical (unpaired) electrons. The molecule has 0 aliphatic heterocycles. The molecule has 0 atom stereocenters. The zero-order valence-corrected chi connectivity index (χ0v) is 14.4. The Balaban J connectivity index is -0.000000294. The smallest absolute Gasteiger partial charge is 0.330 e. The van der Waals surface area contributed by atoms with Crippen LogP contribution in [0.4, 0.5) is 0 Å². The van der Waals surface area contributed by atoms with E-state index in [1.807, 2.05) is 0 Å². The number of carbonyl (C=O) groups is 4. The van der Waals surface area contributed by atoms with Crippen molar-refractivity contribution in [3.8, 4) is 0 Å². The number of methoxy groups -OCH3 is 4. The number of hydrogen-bond acceptors (Lipinski definition) is 8. The molecule has 0 unspecified atom stereocenters. The fraction of sp³-hybridized carbons (Fsp3) is 0.375. The van der Waals surface area contributed by atoms with Gasteiger partial charge >= 0.3 is 23.9 Å². The van der Waals surface area contributed by atoms with Crippen molar-refractivity contribution in [1.29, 1.82) is 0 Å². The molecular weight excluding hydrogens is 320 g/mol. The van der Waals surface area contributed by atoms with Crippen LogP contribution in [0.1, 0.15) is 12.8 Å². The molecule has 0 bridgehead atoms. The van der Waals surface area contributed by atoms with Gasteiger partial charge in [-0.05, 0) is 0 Å². The Bertz CT molecular complexity index is 437. The van der Waals surface area contributed by atoms with Gasteiger partial charge in [-0.1, -0.05) is 18.7 Å². The quantitative estimate of drug-likeness (QED) is 0.308. The zero-order valence-electron chi connectivity index (χ0n) is 14.4. The van der Waals surface area contributed by atoms with E-state index >= 15 is 0 Å². The van der Waals surface area contributed by atoms with E-state index in [-0.39, 0.29) is 18.4 Å². The van der Waals surface area contributed by atoms with E-state index in [2.05, 4.69) is 32.1 Å². The molecule has 0 saturated carbocycles. The number of rotatable bonds is 6. The first-order valence-corrected chi connectivity index (χ1v) is 6.52. The molecule has 0 N–H and O–H groups in total. The molecular formula is C16H24O8. The lowest BCUT2D eigenvalue weighted by Gasteiger charge is -1.91. The molecule has 0 heterocycles. The lowest BCUT2D eigenvalue weighted by molar-refractivity contribution is -0.140. The summed E-state index contributed by atoms with van der Waals surface area (Å²) in [5.41, 5.74) is 0. The molecule has 8 nitrogen and oxygen atoms in total. The fourth-order valence-corrected chi connectivity index (χ4v) is 0.687. The lowest BCUT2D eigenvalue weighted by atomic mass is 10.4. The summed E-state index contributed by atoms with van der Waals surface area (Å²) in [6.45, 7) is 6.50. The van der Waals surface area contributed by atoms with Crippen LogP contribution in [0.25, 0.3) is 0 Å². The Morgan fingerprint density at radius 3 is 1.46 bits per heavy atom. The molecule has 0 rings (SSSR count). The molecule has 0 aromatic rings. The van der Waals surface area contributed by atoms with E-state index in [1.54, 1.807) is 0 Å². The van der Waals surface area contributed by atoms with Crippen LogP contribution in [-0.2, 0) is 38.1 Å². The molecule has 0 fully saturated rings.